The Kier molecular flexibility index (Phi) is 5.83. The fraction of sp³-hybridized carbons (Fsp3) is 0.947. The fourth-order valence-corrected chi connectivity index (χ4v) is 4.86. The molecular weight excluding hydrogens is 304 g/mol. The normalized spacial score (nSPS) is 32.2. The van der Waals surface area contributed by atoms with Gasteiger partial charge in [-0.1, -0.05) is 12.8 Å². The molecule has 2 saturated heterocycles. The van der Waals surface area contributed by atoms with Crippen molar-refractivity contribution >= 4 is 5.91 Å². The number of rotatable bonds is 4. The van der Waals surface area contributed by atoms with Gasteiger partial charge in [-0.25, -0.2) is 0 Å². The van der Waals surface area contributed by atoms with E-state index in [-0.39, 0.29) is 29.6 Å². The van der Waals surface area contributed by atoms with Crippen LogP contribution in [0.15, 0.2) is 0 Å². The van der Waals surface area contributed by atoms with E-state index in [1.54, 1.807) is 0 Å². The highest BCUT2D eigenvalue weighted by molar-refractivity contribution is 5.81. The Morgan fingerprint density at radius 1 is 1.17 bits per heavy atom. The largest absolute Gasteiger partial charge is 0.392 e. The van der Waals surface area contributed by atoms with Gasteiger partial charge in [-0.2, -0.15) is 0 Å². The van der Waals surface area contributed by atoms with Crippen LogP contribution in [0.25, 0.3) is 0 Å². The highest BCUT2D eigenvalue weighted by Crippen LogP contribution is 2.51. The Bertz CT molecular complexity index is 424. The number of amides is 1. The zero-order valence-corrected chi connectivity index (χ0v) is 15.4. The molecular formula is C19H34N2O3. The molecule has 2 heterocycles. The second-order valence-electron chi connectivity index (χ2n) is 7.88. The summed E-state index contributed by atoms with van der Waals surface area (Å²) in [7, 11) is 0. The number of aliphatic hydroxyl groups is 1. The second kappa shape index (κ2) is 7.71. The van der Waals surface area contributed by atoms with Gasteiger partial charge in [0.2, 0.25) is 5.91 Å². The topological polar surface area (TPSA) is 53.0 Å². The lowest BCUT2D eigenvalue weighted by Gasteiger charge is -2.56. The Balaban J connectivity index is 1.55. The van der Waals surface area contributed by atoms with E-state index < -0.39 is 0 Å². The van der Waals surface area contributed by atoms with Crippen LogP contribution in [-0.4, -0.2) is 71.8 Å². The standard InChI is InChI=1S/C19H34N2O3/c1-3-24-17-14-16(22)19(17)8-12-21(13-9-19)18(23)15(2)20-10-6-4-5-7-11-20/h15-17,22H,3-14H2,1-2H3/t15-,16-,17-/m1/s1. The van der Waals surface area contributed by atoms with E-state index in [0.717, 1.165) is 45.4 Å². The minimum atomic E-state index is -0.255. The Hall–Kier alpha value is -0.650. The summed E-state index contributed by atoms with van der Waals surface area (Å²) in [6.07, 6.45) is 7.43. The number of nitrogens with zero attached hydrogens (tertiary/aromatic N) is 2. The maximum absolute atomic E-state index is 12.9. The zero-order chi connectivity index (χ0) is 17.2. The number of aliphatic hydroxyl groups excluding tert-OH is 1. The summed E-state index contributed by atoms with van der Waals surface area (Å²) in [6.45, 7) is 8.41. The third-order valence-electron chi connectivity index (χ3n) is 6.66. The minimum Gasteiger partial charge on any atom is -0.392 e. The lowest BCUT2D eigenvalue weighted by molar-refractivity contribution is -0.210. The number of ether oxygens (including phenoxy) is 1. The van der Waals surface area contributed by atoms with Crippen molar-refractivity contribution in [2.24, 2.45) is 5.41 Å². The highest BCUT2D eigenvalue weighted by atomic mass is 16.5. The zero-order valence-electron chi connectivity index (χ0n) is 15.4. The number of carbonyl (C=O) groups is 1. The van der Waals surface area contributed by atoms with Crippen molar-refractivity contribution in [3.63, 3.8) is 0 Å². The number of hydrogen-bond donors (Lipinski definition) is 1. The van der Waals surface area contributed by atoms with Crippen molar-refractivity contribution in [1.29, 1.82) is 0 Å². The van der Waals surface area contributed by atoms with Gasteiger partial charge in [0.15, 0.2) is 0 Å². The second-order valence-corrected chi connectivity index (χ2v) is 7.88. The molecule has 3 aliphatic rings. The van der Waals surface area contributed by atoms with Gasteiger partial charge < -0.3 is 14.7 Å². The van der Waals surface area contributed by atoms with E-state index >= 15 is 0 Å². The maximum Gasteiger partial charge on any atom is 0.239 e. The molecule has 5 heteroatoms. The van der Waals surface area contributed by atoms with Crippen LogP contribution >= 0.6 is 0 Å². The van der Waals surface area contributed by atoms with Crippen molar-refractivity contribution in [2.75, 3.05) is 32.8 Å². The molecule has 1 aliphatic carbocycles. The van der Waals surface area contributed by atoms with Crippen LogP contribution < -0.4 is 0 Å². The van der Waals surface area contributed by atoms with Gasteiger partial charge in [0, 0.05) is 31.5 Å². The lowest BCUT2D eigenvalue weighted by atomic mass is 9.58. The van der Waals surface area contributed by atoms with Crippen molar-refractivity contribution in [2.45, 2.75) is 77.0 Å². The van der Waals surface area contributed by atoms with Crippen LogP contribution in [-0.2, 0) is 9.53 Å². The van der Waals surface area contributed by atoms with Crippen LogP contribution in [0.2, 0.25) is 0 Å². The number of likely N-dealkylation sites (tertiary alicyclic amines) is 2. The smallest absolute Gasteiger partial charge is 0.239 e. The van der Waals surface area contributed by atoms with Gasteiger partial charge in [-0.05, 0) is 52.6 Å². The molecule has 2 aliphatic heterocycles. The van der Waals surface area contributed by atoms with Crippen LogP contribution in [0.1, 0.15) is 58.8 Å². The van der Waals surface area contributed by atoms with Crippen LogP contribution in [0, 0.1) is 5.41 Å². The highest BCUT2D eigenvalue weighted by Gasteiger charge is 2.56. The molecule has 3 atom stereocenters. The number of carbonyl (C=O) groups excluding carboxylic acids is 1. The first kappa shape index (κ1) is 18.2. The first-order valence-electron chi connectivity index (χ1n) is 9.91. The summed E-state index contributed by atoms with van der Waals surface area (Å²) in [5.74, 6) is 0.272. The quantitative estimate of drug-likeness (QED) is 0.852. The summed E-state index contributed by atoms with van der Waals surface area (Å²) >= 11 is 0. The van der Waals surface area contributed by atoms with E-state index in [2.05, 4.69) is 11.8 Å². The van der Waals surface area contributed by atoms with Crippen molar-refractivity contribution in [1.82, 2.24) is 9.80 Å². The number of hydrogen-bond acceptors (Lipinski definition) is 4. The molecule has 1 amide bonds. The first-order chi connectivity index (χ1) is 11.6. The molecule has 1 saturated carbocycles. The Labute approximate surface area is 146 Å². The average molecular weight is 338 g/mol. The molecule has 3 rings (SSSR count). The van der Waals surface area contributed by atoms with E-state index in [0.29, 0.717) is 6.61 Å². The Morgan fingerprint density at radius 2 is 1.79 bits per heavy atom. The average Bonchev–Trinajstić information content (AvgIpc) is 2.90. The monoisotopic (exact) mass is 338 g/mol. The molecule has 24 heavy (non-hydrogen) atoms. The molecule has 1 N–H and O–H groups in total. The molecule has 0 radical (unpaired) electrons. The van der Waals surface area contributed by atoms with Gasteiger partial charge in [-0.15, -0.1) is 0 Å². The summed E-state index contributed by atoms with van der Waals surface area (Å²) in [5.41, 5.74) is -0.0986. The van der Waals surface area contributed by atoms with Gasteiger partial charge in [-0.3, -0.25) is 9.69 Å². The van der Waals surface area contributed by atoms with Gasteiger partial charge in [0.05, 0.1) is 18.2 Å². The van der Waals surface area contributed by atoms with Crippen molar-refractivity contribution in [3.05, 3.63) is 0 Å². The van der Waals surface area contributed by atoms with E-state index in [1.807, 2.05) is 11.8 Å². The SMILES string of the molecule is CCO[C@@H]1C[C@@H](O)C12CCN(C(=O)[C@@H](C)N1CCCCCC1)CC2. The molecule has 5 nitrogen and oxygen atoms in total. The van der Waals surface area contributed by atoms with Gasteiger partial charge >= 0.3 is 0 Å². The van der Waals surface area contributed by atoms with Gasteiger partial charge in [0.1, 0.15) is 0 Å². The fourth-order valence-electron chi connectivity index (χ4n) is 4.86. The summed E-state index contributed by atoms with van der Waals surface area (Å²) in [5, 5.41) is 10.3. The molecule has 0 aromatic heterocycles. The summed E-state index contributed by atoms with van der Waals surface area (Å²) in [6, 6.07) is -0.00819. The third kappa shape index (κ3) is 3.35. The lowest BCUT2D eigenvalue weighted by Crippen LogP contribution is -2.63. The van der Waals surface area contributed by atoms with Gasteiger partial charge in [0.25, 0.3) is 0 Å². The maximum atomic E-state index is 12.9. The molecule has 1 spiro atoms. The predicted octanol–water partition coefficient (Wildman–Crippen LogP) is 2.03. The third-order valence-corrected chi connectivity index (χ3v) is 6.66. The first-order valence-corrected chi connectivity index (χ1v) is 9.91. The summed E-state index contributed by atoms with van der Waals surface area (Å²) in [4.78, 5) is 17.3. The summed E-state index contributed by atoms with van der Waals surface area (Å²) < 4.78 is 5.82. The van der Waals surface area contributed by atoms with Crippen LogP contribution in [0.5, 0.6) is 0 Å². The van der Waals surface area contributed by atoms with E-state index in [4.69, 9.17) is 4.74 Å². The van der Waals surface area contributed by atoms with E-state index in [9.17, 15) is 9.90 Å². The molecule has 0 aromatic rings. The molecule has 0 bridgehead atoms. The molecule has 3 fully saturated rings. The molecule has 0 unspecified atom stereocenters. The minimum absolute atomic E-state index is 0.00819. The van der Waals surface area contributed by atoms with E-state index in [1.165, 1.54) is 25.7 Å². The van der Waals surface area contributed by atoms with Crippen molar-refractivity contribution < 1.29 is 14.6 Å². The van der Waals surface area contributed by atoms with Crippen LogP contribution in [0.3, 0.4) is 0 Å². The molecule has 0 aromatic carbocycles. The number of piperidine rings is 1. The predicted molar refractivity (Wildman–Crippen MR) is 93.8 cm³/mol. The van der Waals surface area contributed by atoms with Crippen LogP contribution in [0.4, 0.5) is 0 Å². The Morgan fingerprint density at radius 3 is 2.33 bits per heavy atom. The van der Waals surface area contributed by atoms with Crippen molar-refractivity contribution in [3.8, 4) is 0 Å². The molecule has 138 valence electrons.